The van der Waals surface area contributed by atoms with Crippen LogP contribution in [0.5, 0.6) is 0 Å². The van der Waals surface area contributed by atoms with Crippen molar-refractivity contribution in [3.8, 4) is 0 Å². The summed E-state index contributed by atoms with van der Waals surface area (Å²) in [6.07, 6.45) is 2.45. The van der Waals surface area contributed by atoms with Crippen LogP contribution in [-0.4, -0.2) is 13.1 Å². The number of nitrogens with one attached hydrogen (secondary N) is 1. The molecule has 3 atom stereocenters. The van der Waals surface area contributed by atoms with Crippen LogP contribution in [-0.2, 0) is 6.42 Å². The molecule has 0 saturated heterocycles. The first kappa shape index (κ1) is 14.1. The molecule has 3 unspecified atom stereocenters. The summed E-state index contributed by atoms with van der Waals surface area (Å²) in [5, 5.41) is 3.52. The van der Waals surface area contributed by atoms with E-state index in [4.69, 9.17) is 0 Å². The Morgan fingerprint density at radius 3 is 2.45 bits per heavy atom. The molecule has 1 aliphatic carbocycles. The lowest BCUT2D eigenvalue weighted by molar-refractivity contribution is 0.491. The number of likely N-dealkylation sites (N-methyl/N-ethyl adjacent to an activating group) is 1. The SMILES string of the molecule is CNC(Cc1ccc(I)cc1)C1CC1c1ccccc1. The van der Waals surface area contributed by atoms with Gasteiger partial charge in [-0.25, -0.2) is 0 Å². The molecule has 1 aliphatic rings. The first-order valence-electron chi connectivity index (χ1n) is 7.24. The van der Waals surface area contributed by atoms with Crippen LogP contribution < -0.4 is 5.32 Å². The van der Waals surface area contributed by atoms with Crippen molar-refractivity contribution in [2.75, 3.05) is 7.05 Å². The molecule has 1 N–H and O–H groups in total. The van der Waals surface area contributed by atoms with Crippen LogP contribution in [0, 0.1) is 9.49 Å². The van der Waals surface area contributed by atoms with E-state index in [1.54, 1.807) is 0 Å². The molecule has 1 nitrogen and oxygen atoms in total. The molecule has 0 bridgehead atoms. The van der Waals surface area contributed by atoms with E-state index in [1.165, 1.54) is 21.1 Å². The summed E-state index contributed by atoms with van der Waals surface area (Å²) in [7, 11) is 2.09. The largest absolute Gasteiger partial charge is 0.316 e. The molecule has 1 saturated carbocycles. The first-order valence-corrected chi connectivity index (χ1v) is 8.32. The molecule has 2 aromatic carbocycles. The molecule has 0 aromatic heterocycles. The van der Waals surface area contributed by atoms with Crippen LogP contribution >= 0.6 is 22.6 Å². The first-order chi connectivity index (χ1) is 9.78. The van der Waals surface area contributed by atoms with Gasteiger partial charge in [-0.1, -0.05) is 42.5 Å². The highest BCUT2D eigenvalue weighted by Crippen LogP contribution is 2.49. The Hall–Kier alpha value is -0.870. The van der Waals surface area contributed by atoms with E-state index in [0.717, 1.165) is 18.3 Å². The van der Waals surface area contributed by atoms with Crippen molar-refractivity contribution in [3.63, 3.8) is 0 Å². The molecule has 2 aromatic rings. The van der Waals surface area contributed by atoms with Gasteiger partial charge in [0.05, 0.1) is 0 Å². The number of halogens is 1. The lowest BCUT2D eigenvalue weighted by Crippen LogP contribution is -2.30. The summed E-state index contributed by atoms with van der Waals surface area (Å²) in [5.41, 5.74) is 2.93. The third kappa shape index (κ3) is 3.23. The Bertz CT molecular complexity index is 549. The maximum atomic E-state index is 3.52. The van der Waals surface area contributed by atoms with Gasteiger partial charge in [0.2, 0.25) is 0 Å². The van der Waals surface area contributed by atoms with Gasteiger partial charge in [0.1, 0.15) is 0 Å². The summed E-state index contributed by atoms with van der Waals surface area (Å²) < 4.78 is 1.31. The Balaban J connectivity index is 1.65. The van der Waals surface area contributed by atoms with Gasteiger partial charge in [-0.05, 0) is 77.6 Å². The molecular weight excluding hydrogens is 357 g/mol. The third-order valence-corrected chi connectivity index (χ3v) is 5.04. The molecule has 0 radical (unpaired) electrons. The van der Waals surface area contributed by atoms with Crippen LogP contribution in [0.3, 0.4) is 0 Å². The fourth-order valence-corrected chi connectivity index (χ4v) is 3.44. The van der Waals surface area contributed by atoms with Crippen molar-refractivity contribution in [2.24, 2.45) is 5.92 Å². The van der Waals surface area contributed by atoms with Crippen LogP contribution in [0.15, 0.2) is 54.6 Å². The van der Waals surface area contributed by atoms with E-state index in [9.17, 15) is 0 Å². The predicted octanol–water partition coefficient (Wildman–Crippen LogP) is 4.23. The van der Waals surface area contributed by atoms with Crippen molar-refractivity contribution in [2.45, 2.75) is 24.8 Å². The summed E-state index contributed by atoms with van der Waals surface area (Å²) in [5.74, 6) is 1.53. The summed E-state index contributed by atoms with van der Waals surface area (Å²) in [6.45, 7) is 0. The molecule has 0 heterocycles. The van der Waals surface area contributed by atoms with E-state index in [-0.39, 0.29) is 0 Å². The summed E-state index contributed by atoms with van der Waals surface area (Å²) in [6, 6.07) is 20.4. The number of benzene rings is 2. The van der Waals surface area contributed by atoms with E-state index in [2.05, 4.69) is 89.6 Å². The minimum Gasteiger partial charge on any atom is -0.316 e. The van der Waals surface area contributed by atoms with E-state index >= 15 is 0 Å². The molecule has 0 amide bonds. The predicted molar refractivity (Wildman–Crippen MR) is 93.0 cm³/mol. The van der Waals surface area contributed by atoms with Gasteiger partial charge in [-0.15, -0.1) is 0 Å². The highest BCUT2D eigenvalue weighted by atomic mass is 127. The standard InChI is InChI=1S/C18H20IN/c1-20-18(11-13-7-9-15(19)10-8-13)17-12-16(17)14-5-3-2-4-6-14/h2-10,16-18,20H,11-12H2,1H3. The van der Waals surface area contributed by atoms with Crippen LogP contribution in [0.25, 0.3) is 0 Å². The smallest absolute Gasteiger partial charge is 0.0139 e. The minimum atomic E-state index is 0.584. The van der Waals surface area contributed by atoms with Gasteiger partial charge in [0, 0.05) is 9.61 Å². The van der Waals surface area contributed by atoms with Crippen molar-refractivity contribution in [1.29, 1.82) is 0 Å². The van der Waals surface area contributed by atoms with Gasteiger partial charge in [-0.3, -0.25) is 0 Å². The number of hydrogen-bond donors (Lipinski definition) is 1. The molecule has 0 spiro atoms. The topological polar surface area (TPSA) is 12.0 Å². The fourth-order valence-electron chi connectivity index (χ4n) is 3.08. The van der Waals surface area contributed by atoms with Crippen LogP contribution in [0.1, 0.15) is 23.5 Å². The maximum absolute atomic E-state index is 3.52. The zero-order valence-corrected chi connectivity index (χ0v) is 13.9. The maximum Gasteiger partial charge on any atom is 0.0139 e. The summed E-state index contributed by atoms with van der Waals surface area (Å²) in [4.78, 5) is 0. The van der Waals surface area contributed by atoms with Gasteiger partial charge < -0.3 is 5.32 Å². The van der Waals surface area contributed by atoms with Gasteiger partial charge >= 0.3 is 0 Å². The highest BCUT2D eigenvalue weighted by molar-refractivity contribution is 14.1. The second-order valence-corrected chi connectivity index (χ2v) is 6.89. The fraction of sp³-hybridized carbons (Fsp3) is 0.333. The van der Waals surface area contributed by atoms with Crippen molar-refractivity contribution in [1.82, 2.24) is 5.32 Å². The average molecular weight is 377 g/mol. The molecular formula is C18H20IN. The second-order valence-electron chi connectivity index (χ2n) is 5.64. The van der Waals surface area contributed by atoms with E-state index < -0.39 is 0 Å². The highest BCUT2D eigenvalue weighted by Gasteiger charge is 2.42. The normalized spacial score (nSPS) is 22.5. The summed E-state index contributed by atoms with van der Waals surface area (Å²) >= 11 is 2.36. The molecule has 0 aliphatic heterocycles. The Labute approximate surface area is 134 Å². The second kappa shape index (κ2) is 6.27. The molecule has 1 fully saturated rings. The quantitative estimate of drug-likeness (QED) is 0.770. The average Bonchev–Trinajstić information content (AvgIpc) is 3.28. The molecule has 3 rings (SSSR count). The van der Waals surface area contributed by atoms with Gasteiger partial charge in [0.25, 0.3) is 0 Å². The number of rotatable bonds is 5. The van der Waals surface area contributed by atoms with Crippen LogP contribution in [0.2, 0.25) is 0 Å². The minimum absolute atomic E-state index is 0.584. The number of hydrogen-bond acceptors (Lipinski definition) is 1. The zero-order valence-electron chi connectivity index (χ0n) is 11.7. The van der Waals surface area contributed by atoms with E-state index in [1.807, 2.05) is 0 Å². The lowest BCUT2D eigenvalue weighted by Gasteiger charge is -2.16. The monoisotopic (exact) mass is 377 g/mol. The van der Waals surface area contributed by atoms with Crippen LogP contribution in [0.4, 0.5) is 0 Å². The van der Waals surface area contributed by atoms with E-state index in [0.29, 0.717) is 6.04 Å². The Kier molecular flexibility index (Phi) is 4.41. The molecule has 2 heteroatoms. The zero-order chi connectivity index (χ0) is 13.9. The van der Waals surface area contributed by atoms with Crippen molar-refractivity contribution in [3.05, 3.63) is 69.3 Å². The molecule has 20 heavy (non-hydrogen) atoms. The Morgan fingerprint density at radius 2 is 1.80 bits per heavy atom. The molecule has 104 valence electrons. The lowest BCUT2D eigenvalue weighted by atomic mass is 9.99. The Morgan fingerprint density at radius 1 is 1.10 bits per heavy atom. The third-order valence-electron chi connectivity index (χ3n) is 4.32. The van der Waals surface area contributed by atoms with Gasteiger partial charge in [0.15, 0.2) is 0 Å². The van der Waals surface area contributed by atoms with Crippen molar-refractivity contribution >= 4 is 22.6 Å². The van der Waals surface area contributed by atoms with Gasteiger partial charge in [-0.2, -0.15) is 0 Å². The van der Waals surface area contributed by atoms with Crippen molar-refractivity contribution < 1.29 is 0 Å².